The van der Waals surface area contributed by atoms with Crippen LogP contribution >= 0.6 is 12.6 Å². The Bertz CT molecular complexity index is 1250. The first kappa shape index (κ1) is 39.3. The second-order valence-corrected chi connectivity index (χ2v) is 14.2. The number of ether oxygens (including phenoxy) is 1. The zero-order valence-electron chi connectivity index (χ0n) is 28.8. The predicted octanol–water partition coefficient (Wildman–Crippen LogP) is 10.3. The third kappa shape index (κ3) is 10.6. The number of alkyl halides is 3. The summed E-state index contributed by atoms with van der Waals surface area (Å²) in [6, 6.07) is 4.72. The standard InChI is InChI=1S/C30H38F3NO3.C6H14.CH4S/c1-5-18(14-15-37-4)27-26(28(36)20-10-12-21(13-11-20)30(31,32)33)24(19-8-6-7-9-19)25-22(34-27)16-29(2,3)17-23(25)35;1-5-6(2,3)4;1-2/h8,10-13,18,23,28,35-36H,5-7,9,14-17H2,1-4H3;5H2,1-4H3;2H,1H3. The Kier molecular flexibility index (Phi) is 14.7. The molecule has 0 bridgehead atoms. The fourth-order valence-electron chi connectivity index (χ4n) is 5.98. The van der Waals surface area contributed by atoms with E-state index in [9.17, 15) is 23.4 Å². The number of hydrogen-bond donors (Lipinski definition) is 3. The maximum absolute atomic E-state index is 13.2. The number of aliphatic hydroxyl groups excluding tert-OH is 2. The molecule has 0 saturated carbocycles. The Morgan fingerprint density at radius 3 is 2.16 bits per heavy atom. The summed E-state index contributed by atoms with van der Waals surface area (Å²) in [5, 5.41) is 23.2. The smallest absolute Gasteiger partial charge is 0.388 e. The molecule has 3 unspecified atom stereocenters. The van der Waals surface area contributed by atoms with Gasteiger partial charge in [0.15, 0.2) is 0 Å². The largest absolute Gasteiger partial charge is 0.416 e. The van der Waals surface area contributed by atoms with E-state index in [-0.39, 0.29) is 11.3 Å². The molecule has 0 fully saturated rings. The molecular formula is C37H56F3NO3S. The fraction of sp³-hybridized carbons (Fsp3) is 0.649. The quantitative estimate of drug-likeness (QED) is 0.249. The summed E-state index contributed by atoms with van der Waals surface area (Å²) in [6.45, 7) is 15.8. The van der Waals surface area contributed by atoms with E-state index in [1.165, 1.54) is 18.6 Å². The Hall–Kier alpha value is -1.87. The number of aliphatic hydroxyl groups is 2. The molecule has 8 heteroatoms. The van der Waals surface area contributed by atoms with Crippen LogP contribution in [0.3, 0.4) is 0 Å². The molecule has 2 N–H and O–H groups in total. The third-order valence-electron chi connectivity index (χ3n) is 8.91. The van der Waals surface area contributed by atoms with E-state index in [2.05, 4.69) is 67.2 Å². The van der Waals surface area contributed by atoms with Crippen molar-refractivity contribution in [2.75, 3.05) is 20.0 Å². The van der Waals surface area contributed by atoms with Crippen LogP contribution in [0.25, 0.3) is 5.57 Å². The number of nitrogens with zero attached hydrogens (tertiary/aromatic N) is 1. The van der Waals surface area contributed by atoms with Crippen molar-refractivity contribution in [2.24, 2.45) is 10.8 Å². The number of benzene rings is 1. The summed E-state index contributed by atoms with van der Waals surface area (Å²) in [7, 11) is 1.65. The van der Waals surface area contributed by atoms with Crippen LogP contribution in [0.2, 0.25) is 0 Å². The maximum atomic E-state index is 13.2. The summed E-state index contributed by atoms with van der Waals surface area (Å²) < 4.78 is 45.0. The number of rotatable bonds is 8. The zero-order valence-corrected chi connectivity index (χ0v) is 29.7. The third-order valence-corrected chi connectivity index (χ3v) is 8.91. The van der Waals surface area contributed by atoms with Gasteiger partial charge in [-0.25, -0.2) is 0 Å². The molecule has 2 aliphatic carbocycles. The van der Waals surface area contributed by atoms with Gasteiger partial charge < -0.3 is 14.9 Å². The second-order valence-electron chi connectivity index (χ2n) is 14.2. The second kappa shape index (κ2) is 16.8. The molecule has 0 aliphatic heterocycles. The maximum Gasteiger partial charge on any atom is 0.416 e. The predicted molar refractivity (Wildman–Crippen MR) is 183 cm³/mol. The monoisotopic (exact) mass is 651 g/mol. The molecule has 4 nitrogen and oxygen atoms in total. The highest BCUT2D eigenvalue weighted by Gasteiger charge is 2.39. The molecule has 3 atom stereocenters. The molecular weight excluding hydrogens is 595 g/mol. The van der Waals surface area contributed by atoms with Crippen LogP contribution in [0.5, 0.6) is 0 Å². The van der Waals surface area contributed by atoms with Crippen molar-refractivity contribution < 1.29 is 28.1 Å². The number of halogens is 3. The molecule has 2 aliphatic rings. The van der Waals surface area contributed by atoms with Crippen LogP contribution in [-0.4, -0.2) is 35.2 Å². The van der Waals surface area contributed by atoms with E-state index in [1.807, 2.05) is 0 Å². The topological polar surface area (TPSA) is 62.6 Å². The number of hydrogen-bond acceptors (Lipinski definition) is 5. The number of aromatic nitrogens is 1. The van der Waals surface area contributed by atoms with Crippen LogP contribution in [0, 0.1) is 10.8 Å². The molecule has 0 spiro atoms. The van der Waals surface area contributed by atoms with Crippen molar-refractivity contribution in [1.82, 2.24) is 4.98 Å². The Morgan fingerprint density at radius 2 is 1.69 bits per heavy atom. The van der Waals surface area contributed by atoms with E-state index >= 15 is 0 Å². The van der Waals surface area contributed by atoms with Gasteiger partial charge in [0, 0.05) is 36.5 Å². The first-order valence-corrected chi connectivity index (χ1v) is 17.1. The highest BCUT2D eigenvalue weighted by Crippen LogP contribution is 2.49. The summed E-state index contributed by atoms with van der Waals surface area (Å²) in [4.78, 5) is 5.14. The van der Waals surface area contributed by atoms with Crippen LogP contribution in [0.15, 0.2) is 30.3 Å². The van der Waals surface area contributed by atoms with Gasteiger partial charge in [0.05, 0.1) is 17.4 Å². The van der Waals surface area contributed by atoms with Gasteiger partial charge in [-0.2, -0.15) is 25.8 Å². The molecule has 1 aromatic heterocycles. The minimum atomic E-state index is -4.45. The van der Waals surface area contributed by atoms with Crippen molar-refractivity contribution in [1.29, 1.82) is 0 Å². The molecule has 2 aromatic rings. The highest BCUT2D eigenvalue weighted by atomic mass is 32.1. The van der Waals surface area contributed by atoms with Gasteiger partial charge in [-0.05, 0) is 90.9 Å². The summed E-state index contributed by atoms with van der Waals surface area (Å²) in [5.74, 6) is -0.00715. The summed E-state index contributed by atoms with van der Waals surface area (Å²) in [6.07, 6.45) is 4.28. The molecule has 0 amide bonds. The molecule has 1 aromatic carbocycles. The summed E-state index contributed by atoms with van der Waals surface area (Å²) >= 11 is 3.53. The SMILES string of the molecule is CCC(C)(C)C.CCC(CCOC)c1nc2c(c(C3=CCCC3)c1C(O)c1ccc(C(F)(F)F)cc1)C(O)CC(C)(C)C2.CS. The first-order valence-electron chi connectivity index (χ1n) is 16.3. The minimum Gasteiger partial charge on any atom is -0.388 e. The first-order chi connectivity index (χ1) is 21.0. The lowest BCUT2D eigenvalue weighted by Gasteiger charge is -2.38. The van der Waals surface area contributed by atoms with Crippen LogP contribution in [0.4, 0.5) is 13.2 Å². The Morgan fingerprint density at radius 1 is 1.09 bits per heavy atom. The summed E-state index contributed by atoms with van der Waals surface area (Å²) in [5.41, 5.74) is 4.99. The van der Waals surface area contributed by atoms with Crippen molar-refractivity contribution in [2.45, 2.75) is 124 Å². The van der Waals surface area contributed by atoms with Crippen molar-refractivity contribution in [3.8, 4) is 0 Å². The Labute approximate surface area is 275 Å². The van der Waals surface area contributed by atoms with Crippen molar-refractivity contribution >= 4 is 18.2 Å². The molecule has 45 heavy (non-hydrogen) atoms. The van der Waals surface area contributed by atoms with Gasteiger partial charge in [-0.1, -0.05) is 73.1 Å². The van der Waals surface area contributed by atoms with E-state index in [4.69, 9.17) is 9.72 Å². The van der Waals surface area contributed by atoms with Gasteiger partial charge in [0.2, 0.25) is 0 Å². The van der Waals surface area contributed by atoms with Crippen molar-refractivity contribution in [3.63, 3.8) is 0 Å². The van der Waals surface area contributed by atoms with Gasteiger partial charge in [0.25, 0.3) is 0 Å². The Balaban J connectivity index is 0.000000790. The van der Waals surface area contributed by atoms with E-state index < -0.39 is 23.9 Å². The zero-order chi connectivity index (χ0) is 34.2. The molecule has 4 rings (SSSR count). The molecule has 0 saturated heterocycles. The highest BCUT2D eigenvalue weighted by molar-refractivity contribution is 7.79. The lowest BCUT2D eigenvalue weighted by Crippen LogP contribution is -2.30. The minimum absolute atomic E-state index is 0.00715. The average Bonchev–Trinajstić information content (AvgIpc) is 3.51. The van der Waals surface area contributed by atoms with Crippen LogP contribution < -0.4 is 0 Å². The lowest BCUT2D eigenvalue weighted by atomic mass is 9.71. The van der Waals surface area contributed by atoms with Crippen molar-refractivity contribution in [3.05, 3.63) is 69.5 Å². The number of fused-ring (bicyclic) bond motifs is 1. The van der Waals surface area contributed by atoms with E-state index in [1.54, 1.807) is 13.4 Å². The van der Waals surface area contributed by atoms with Crippen LogP contribution in [0.1, 0.15) is 151 Å². The molecule has 0 radical (unpaired) electrons. The van der Waals surface area contributed by atoms with E-state index in [0.717, 1.165) is 65.9 Å². The van der Waals surface area contributed by atoms with Gasteiger partial charge in [0.1, 0.15) is 6.10 Å². The van der Waals surface area contributed by atoms with Gasteiger partial charge in [-0.15, -0.1) is 0 Å². The molecule has 254 valence electrons. The number of pyridine rings is 1. The van der Waals surface area contributed by atoms with Crippen LogP contribution in [-0.2, 0) is 17.3 Å². The normalized spacial score (nSPS) is 18.9. The number of allylic oxidation sites excluding steroid dienone is 2. The number of methoxy groups -OCH3 is 1. The average molecular weight is 652 g/mol. The van der Waals surface area contributed by atoms with Gasteiger partial charge in [-0.3, -0.25) is 4.98 Å². The number of thiol groups is 1. The van der Waals surface area contributed by atoms with E-state index in [0.29, 0.717) is 42.4 Å². The fourth-order valence-corrected chi connectivity index (χ4v) is 5.98. The lowest BCUT2D eigenvalue weighted by molar-refractivity contribution is -0.137. The van der Waals surface area contributed by atoms with Gasteiger partial charge >= 0.3 is 6.18 Å². The molecule has 1 heterocycles.